The lowest BCUT2D eigenvalue weighted by molar-refractivity contribution is -0.131. The van der Waals surface area contributed by atoms with E-state index in [2.05, 4.69) is 0 Å². The van der Waals surface area contributed by atoms with E-state index in [0.29, 0.717) is 5.56 Å². The number of carbonyl (C=O) groups is 2. The largest absolute Gasteiger partial charge is 0.478 e. The number of carbonyl (C=O) groups excluding carboxylic acids is 1. The molecule has 0 aliphatic rings. The molecule has 3 aromatic rings. The molecule has 0 radical (unpaired) electrons. The second kappa shape index (κ2) is 5.33. The zero-order chi connectivity index (χ0) is 15.7. The van der Waals surface area contributed by atoms with Gasteiger partial charge < -0.3 is 10.8 Å². The van der Waals surface area contributed by atoms with E-state index >= 15 is 0 Å². The number of primary amides is 1. The second-order valence-corrected chi connectivity index (χ2v) is 4.99. The molecule has 0 heterocycles. The average Bonchev–Trinajstić information content (AvgIpc) is 2.49. The van der Waals surface area contributed by atoms with Gasteiger partial charge in [0.2, 0.25) is 5.91 Å². The van der Waals surface area contributed by atoms with Gasteiger partial charge in [0.1, 0.15) is 0 Å². The molecule has 0 saturated carbocycles. The first-order valence-corrected chi connectivity index (χ1v) is 6.72. The number of aliphatic carboxylic acids is 1. The van der Waals surface area contributed by atoms with Gasteiger partial charge in [0.05, 0.1) is 5.57 Å². The lowest BCUT2D eigenvalue weighted by Gasteiger charge is -2.09. The highest BCUT2D eigenvalue weighted by Gasteiger charge is 2.14. The molecule has 0 unspecified atom stereocenters. The number of benzene rings is 3. The molecule has 0 spiro atoms. The zero-order valence-corrected chi connectivity index (χ0v) is 11.6. The molecular formula is C18H13NO3. The van der Waals surface area contributed by atoms with Crippen LogP contribution in [-0.2, 0) is 9.59 Å². The third-order valence-corrected chi connectivity index (χ3v) is 3.57. The van der Waals surface area contributed by atoms with Crippen molar-refractivity contribution in [1.29, 1.82) is 0 Å². The molecule has 1 amide bonds. The monoisotopic (exact) mass is 291 g/mol. The fourth-order valence-electron chi connectivity index (χ4n) is 2.61. The van der Waals surface area contributed by atoms with Gasteiger partial charge in [-0.15, -0.1) is 0 Å². The van der Waals surface area contributed by atoms with Gasteiger partial charge in [-0.2, -0.15) is 0 Å². The minimum Gasteiger partial charge on any atom is -0.478 e. The van der Waals surface area contributed by atoms with Crippen molar-refractivity contribution >= 4 is 39.0 Å². The molecule has 0 aliphatic carbocycles. The van der Waals surface area contributed by atoms with Crippen LogP contribution in [0.25, 0.3) is 27.1 Å². The molecule has 0 fully saturated rings. The van der Waals surface area contributed by atoms with E-state index in [9.17, 15) is 9.59 Å². The Morgan fingerprint density at radius 2 is 1.55 bits per heavy atom. The summed E-state index contributed by atoms with van der Waals surface area (Å²) in [5, 5.41) is 12.8. The molecule has 0 bridgehead atoms. The van der Waals surface area contributed by atoms with Crippen molar-refractivity contribution in [3.63, 3.8) is 0 Å². The summed E-state index contributed by atoms with van der Waals surface area (Å²) in [6.45, 7) is 0. The summed E-state index contributed by atoms with van der Waals surface area (Å²) >= 11 is 0. The number of rotatable bonds is 3. The topological polar surface area (TPSA) is 80.4 Å². The maximum Gasteiger partial charge on any atom is 0.329 e. The fraction of sp³-hybridized carbons (Fsp3) is 0. The van der Waals surface area contributed by atoms with Gasteiger partial charge in [-0.05, 0) is 39.2 Å². The van der Waals surface area contributed by atoms with Crippen LogP contribution in [0.1, 0.15) is 5.56 Å². The maximum absolute atomic E-state index is 11.6. The molecule has 3 N–H and O–H groups in total. The number of nitrogens with two attached hydrogens (primary N) is 1. The maximum atomic E-state index is 11.6. The van der Waals surface area contributed by atoms with Crippen LogP contribution in [0.4, 0.5) is 0 Å². The Bertz CT molecular complexity index is 941. The molecule has 0 atom stereocenters. The van der Waals surface area contributed by atoms with Crippen LogP contribution < -0.4 is 5.73 Å². The third kappa shape index (κ3) is 2.42. The van der Waals surface area contributed by atoms with Crippen molar-refractivity contribution in [2.75, 3.05) is 0 Å². The Morgan fingerprint density at radius 3 is 2.18 bits per heavy atom. The van der Waals surface area contributed by atoms with E-state index in [4.69, 9.17) is 10.8 Å². The molecular weight excluding hydrogens is 278 g/mol. The highest BCUT2D eigenvalue weighted by Crippen LogP contribution is 2.29. The standard InChI is InChI=1S/C18H13NO3/c19-18(22)16(10-17(20)21)14-7-3-6-13-8-11-4-1-2-5-12(11)9-15(13)14/h1-10H,(H2,19,22)(H,20,21)/b16-10-. The SMILES string of the molecule is NC(=O)/C(=C\C(=O)O)c1cccc2cc3ccccc3cc12. The Morgan fingerprint density at radius 1 is 0.909 bits per heavy atom. The van der Waals surface area contributed by atoms with Crippen molar-refractivity contribution in [2.24, 2.45) is 5.73 Å². The second-order valence-electron chi connectivity index (χ2n) is 4.99. The van der Waals surface area contributed by atoms with Crippen molar-refractivity contribution in [3.05, 3.63) is 66.2 Å². The number of fused-ring (bicyclic) bond motifs is 2. The Hall–Kier alpha value is -3.14. The van der Waals surface area contributed by atoms with Crippen molar-refractivity contribution < 1.29 is 14.7 Å². The van der Waals surface area contributed by atoms with Crippen molar-refractivity contribution in [1.82, 2.24) is 0 Å². The first-order valence-electron chi connectivity index (χ1n) is 6.72. The first kappa shape index (κ1) is 13.8. The van der Waals surface area contributed by atoms with Crippen LogP contribution >= 0.6 is 0 Å². The van der Waals surface area contributed by atoms with E-state index < -0.39 is 11.9 Å². The molecule has 0 saturated heterocycles. The molecule has 4 nitrogen and oxygen atoms in total. The summed E-state index contributed by atoms with van der Waals surface area (Å²) < 4.78 is 0. The van der Waals surface area contributed by atoms with E-state index in [1.807, 2.05) is 42.5 Å². The molecule has 3 rings (SSSR count). The van der Waals surface area contributed by atoms with Crippen LogP contribution in [-0.4, -0.2) is 17.0 Å². The summed E-state index contributed by atoms with van der Waals surface area (Å²) in [7, 11) is 0. The number of carboxylic acids is 1. The molecule has 4 heteroatoms. The third-order valence-electron chi connectivity index (χ3n) is 3.57. The minimum absolute atomic E-state index is 0.00613. The van der Waals surface area contributed by atoms with Gasteiger partial charge in [0, 0.05) is 6.08 Å². The number of hydrogen-bond acceptors (Lipinski definition) is 2. The number of amides is 1. The molecule has 0 aromatic heterocycles. The summed E-state index contributed by atoms with van der Waals surface area (Å²) in [6.07, 6.45) is 0.853. The number of carboxylic acid groups (broad SMARTS) is 1. The van der Waals surface area contributed by atoms with Crippen molar-refractivity contribution in [2.45, 2.75) is 0 Å². The lowest BCUT2D eigenvalue weighted by atomic mass is 9.95. The normalized spacial score (nSPS) is 11.7. The minimum atomic E-state index is -1.20. The van der Waals surface area contributed by atoms with E-state index in [-0.39, 0.29) is 5.57 Å². The van der Waals surface area contributed by atoms with Gasteiger partial charge in [-0.1, -0.05) is 42.5 Å². The zero-order valence-electron chi connectivity index (χ0n) is 11.6. The Kier molecular flexibility index (Phi) is 3.35. The van der Waals surface area contributed by atoms with Crippen LogP contribution in [0.3, 0.4) is 0 Å². The van der Waals surface area contributed by atoms with Crippen LogP contribution in [0.5, 0.6) is 0 Å². The van der Waals surface area contributed by atoms with Gasteiger partial charge in [-0.3, -0.25) is 4.79 Å². The van der Waals surface area contributed by atoms with E-state index in [1.165, 1.54) is 0 Å². The summed E-state index contributed by atoms with van der Waals surface area (Å²) in [5.74, 6) is -1.96. The van der Waals surface area contributed by atoms with Gasteiger partial charge in [-0.25, -0.2) is 4.79 Å². The van der Waals surface area contributed by atoms with Gasteiger partial charge in [0.25, 0.3) is 0 Å². The van der Waals surface area contributed by atoms with E-state index in [1.54, 1.807) is 12.1 Å². The highest BCUT2D eigenvalue weighted by atomic mass is 16.4. The van der Waals surface area contributed by atoms with Gasteiger partial charge in [0.15, 0.2) is 0 Å². The van der Waals surface area contributed by atoms with Crippen molar-refractivity contribution in [3.8, 4) is 0 Å². The number of hydrogen-bond donors (Lipinski definition) is 2. The fourth-order valence-corrected chi connectivity index (χ4v) is 2.61. The smallest absolute Gasteiger partial charge is 0.329 e. The highest BCUT2D eigenvalue weighted by molar-refractivity contribution is 6.25. The average molecular weight is 291 g/mol. The molecule has 0 aliphatic heterocycles. The lowest BCUT2D eigenvalue weighted by Crippen LogP contribution is -2.14. The van der Waals surface area contributed by atoms with Gasteiger partial charge >= 0.3 is 5.97 Å². The predicted octanol–water partition coefficient (Wildman–Crippen LogP) is 2.95. The van der Waals surface area contributed by atoms with Crippen LogP contribution in [0.15, 0.2) is 60.7 Å². The Labute approximate surface area is 126 Å². The Balaban J connectivity index is 2.36. The first-order chi connectivity index (χ1) is 10.6. The molecule has 3 aromatic carbocycles. The van der Waals surface area contributed by atoms with E-state index in [0.717, 1.165) is 27.6 Å². The quantitative estimate of drug-likeness (QED) is 0.575. The van der Waals surface area contributed by atoms with Crippen LogP contribution in [0, 0.1) is 0 Å². The predicted molar refractivity (Wildman–Crippen MR) is 86.3 cm³/mol. The summed E-state index contributed by atoms with van der Waals surface area (Å²) in [4.78, 5) is 22.6. The summed E-state index contributed by atoms with van der Waals surface area (Å²) in [6, 6.07) is 17.2. The summed E-state index contributed by atoms with van der Waals surface area (Å²) in [5.41, 5.74) is 5.87. The molecule has 108 valence electrons. The molecule has 22 heavy (non-hydrogen) atoms. The van der Waals surface area contributed by atoms with Crippen LogP contribution in [0.2, 0.25) is 0 Å².